The van der Waals surface area contributed by atoms with Crippen molar-refractivity contribution in [2.24, 2.45) is 11.8 Å². The van der Waals surface area contributed by atoms with Gasteiger partial charge in [0.05, 0.1) is 5.41 Å². The van der Waals surface area contributed by atoms with E-state index < -0.39 is 5.41 Å². The summed E-state index contributed by atoms with van der Waals surface area (Å²) in [5, 5.41) is 0. The van der Waals surface area contributed by atoms with Crippen LogP contribution in [0.1, 0.15) is 31.7 Å². The van der Waals surface area contributed by atoms with E-state index in [0.29, 0.717) is 32.1 Å². The first-order valence-corrected chi connectivity index (χ1v) is 8.85. The fraction of sp³-hybridized carbons (Fsp3) is 0.579. The Hall–Kier alpha value is -1.91. The quantitative estimate of drug-likeness (QED) is 0.852. The van der Waals surface area contributed by atoms with Crippen molar-refractivity contribution in [1.82, 2.24) is 9.80 Å². The smallest absolute Gasteiger partial charge is 0.233 e. The van der Waals surface area contributed by atoms with Crippen LogP contribution in [0.5, 0.6) is 0 Å². The third-order valence-electron chi connectivity index (χ3n) is 5.86. The lowest BCUT2D eigenvalue weighted by atomic mass is 9.94. The molecule has 4 rings (SSSR count). The van der Waals surface area contributed by atoms with Crippen molar-refractivity contribution in [3.63, 3.8) is 0 Å². The Bertz CT molecular complexity index is 660. The molecule has 1 aromatic carbocycles. The molecule has 1 aliphatic heterocycles. The van der Waals surface area contributed by atoms with Crippen LogP contribution in [0, 0.1) is 17.7 Å². The zero-order chi connectivity index (χ0) is 16.9. The maximum atomic E-state index is 13.1. The van der Waals surface area contributed by atoms with Gasteiger partial charge in [-0.15, -0.1) is 0 Å². The number of rotatable bonds is 3. The van der Waals surface area contributed by atoms with Gasteiger partial charge in [-0.1, -0.05) is 19.1 Å². The van der Waals surface area contributed by atoms with Crippen LogP contribution in [0.4, 0.5) is 4.39 Å². The highest BCUT2D eigenvalue weighted by Gasteiger charge is 2.53. The van der Waals surface area contributed by atoms with E-state index in [9.17, 15) is 14.0 Å². The fourth-order valence-electron chi connectivity index (χ4n) is 3.85. The van der Waals surface area contributed by atoms with Gasteiger partial charge in [-0.3, -0.25) is 9.59 Å². The standard InChI is InChI=1S/C19H23FN2O2/c1-13-12-16(13)17(23)21-8-10-22(11-9-21)18(24)19(6-7-19)14-2-4-15(20)5-3-14/h2-5,13,16H,6-12H2,1H3/t13-,16+/m1/s1. The molecule has 0 N–H and O–H groups in total. The molecular weight excluding hydrogens is 307 g/mol. The van der Waals surface area contributed by atoms with E-state index in [4.69, 9.17) is 0 Å². The predicted molar refractivity (Wildman–Crippen MR) is 87.7 cm³/mol. The van der Waals surface area contributed by atoms with E-state index in [-0.39, 0.29) is 23.5 Å². The average Bonchev–Trinajstić information content (AvgIpc) is 3.51. The summed E-state index contributed by atoms with van der Waals surface area (Å²) >= 11 is 0. The Morgan fingerprint density at radius 2 is 1.58 bits per heavy atom. The molecule has 1 saturated heterocycles. The minimum Gasteiger partial charge on any atom is -0.339 e. The van der Waals surface area contributed by atoms with Gasteiger partial charge in [-0.05, 0) is 42.9 Å². The van der Waals surface area contributed by atoms with Crippen LogP contribution >= 0.6 is 0 Å². The van der Waals surface area contributed by atoms with Crippen LogP contribution in [0.2, 0.25) is 0 Å². The molecule has 24 heavy (non-hydrogen) atoms. The summed E-state index contributed by atoms with van der Waals surface area (Å²) in [6, 6.07) is 6.31. The Morgan fingerprint density at radius 3 is 2.08 bits per heavy atom. The summed E-state index contributed by atoms with van der Waals surface area (Å²) in [7, 11) is 0. The second kappa shape index (κ2) is 5.57. The Kier molecular flexibility index (Phi) is 3.62. The topological polar surface area (TPSA) is 40.6 Å². The zero-order valence-corrected chi connectivity index (χ0v) is 14.0. The highest BCUT2D eigenvalue weighted by molar-refractivity contribution is 5.91. The Balaban J connectivity index is 1.39. The van der Waals surface area contributed by atoms with Crippen molar-refractivity contribution < 1.29 is 14.0 Å². The lowest BCUT2D eigenvalue weighted by Gasteiger charge is -2.37. The van der Waals surface area contributed by atoms with E-state index in [2.05, 4.69) is 6.92 Å². The van der Waals surface area contributed by atoms with Crippen LogP contribution in [0.3, 0.4) is 0 Å². The summed E-state index contributed by atoms with van der Waals surface area (Å²) in [6.07, 6.45) is 2.66. The third kappa shape index (κ3) is 2.60. The maximum absolute atomic E-state index is 13.1. The van der Waals surface area contributed by atoms with Crippen molar-refractivity contribution in [3.8, 4) is 0 Å². The van der Waals surface area contributed by atoms with Crippen molar-refractivity contribution in [1.29, 1.82) is 0 Å². The molecule has 0 aromatic heterocycles. The number of halogens is 1. The molecule has 0 spiro atoms. The van der Waals surface area contributed by atoms with Gasteiger partial charge in [0.15, 0.2) is 0 Å². The summed E-state index contributed by atoms with van der Waals surface area (Å²) in [4.78, 5) is 29.1. The van der Waals surface area contributed by atoms with Gasteiger partial charge in [-0.2, -0.15) is 0 Å². The largest absolute Gasteiger partial charge is 0.339 e. The van der Waals surface area contributed by atoms with E-state index in [0.717, 1.165) is 24.8 Å². The summed E-state index contributed by atoms with van der Waals surface area (Å²) in [5.41, 5.74) is 0.462. The monoisotopic (exact) mass is 330 g/mol. The number of hydrogen-bond donors (Lipinski definition) is 0. The molecule has 3 aliphatic rings. The van der Waals surface area contributed by atoms with Crippen molar-refractivity contribution >= 4 is 11.8 Å². The van der Waals surface area contributed by atoms with E-state index in [1.54, 1.807) is 12.1 Å². The van der Waals surface area contributed by atoms with E-state index in [1.807, 2.05) is 9.80 Å². The van der Waals surface area contributed by atoms with Gasteiger partial charge < -0.3 is 9.80 Å². The Labute approximate surface area is 141 Å². The van der Waals surface area contributed by atoms with Crippen LogP contribution in [0.25, 0.3) is 0 Å². The predicted octanol–water partition coefficient (Wildman–Crippen LogP) is 2.18. The van der Waals surface area contributed by atoms with Gasteiger partial charge in [0, 0.05) is 32.1 Å². The number of hydrogen-bond acceptors (Lipinski definition) is 2. The highest BCUT2D eigenvalue weighted by Crippen LogP contribution is 2.49. The molecule has 2 saturated carbocycles. The number of benzene rings is 1. The van der Waals surface area contributed by atoms with Crippen LogP contribution in [-0.4, -0.2) is 47.8 Å². The summed E-state index contributed by atoms with van der Waals surface area (Å²) < 4.78 is 13.1. The molecule has 5 heteroatoms. The molecule has 128 valence electrons. The minimum absolute atomic E-state index is 0.140. The lowest BCUT2D eigenvalue weighted by Crippen LogP contribution is -2.53. The fourth-order valence-corrected chi connectivity index (χ4v) is 3.85. The van der Waals surface area contributed by atoms with E-state index >= 15 is 0 Å². The molecular formula is C19H23FN2O2. The Morgan fingerprint density at radius 1 is 1.04 bits per heavy atom. The van der Waals surface area contributed by atoms with Crippen molar-refractivity contribution in [2.45, 2.75) is 31.6 Å². The molecule has 1 heterocycles. The van der Waals surface area contributed by atoms with Crippen LogP contribution in [0.15, 0.2) is 24.3 Å². The number of carbonyl (C=O) groups excluding carboxylic acids is 2. The van der Waals surface area contributed by atoms with Gasteiger partial charge in [-0.25, -0.2) is 4.39 Å². The first-order chi connectivity index (χ1) is 11.5. The molecule has 2 aliphatic carbocycles. The minimum atomic E-state index is -0.453. The average molecular weight is 330 g/mol. The number of nitrogens with zero attached hydrogens (tertiary/aromatic N) is 2. The first-order valence-electron chi connectivity index (χ1n) is 8.85. The second-order valence-corrected chi connectivity index (χ2v) is 7.53. The van der Waals surface area contributed by atoms with Gasteiger partial charge in [0.2, 0.25) is 11.8 Å². The molecule has 0 bridgehead atoms. The molecule has 1 aromatic rings. The molecule has 2 amide bonds. The number of amides is 2. The van der Waals surface area contributed by atoms with Crippen LogP contribution < -0.4 is 0 Å². The van der Waals surface area contributed by atoms with Gasteiger partial charge >= 0.3 is 0 Å². The molecule has 0 radical (unpaired) electrons. The number of carbonyl (C=O) groups is 2. The summed E-state index contributed by atoms with van der Waals surface area (Å²) in [6.45, 7) is 4.59. The molecule has 4 nitrogen and oxygen atoms in total. The third-order valence-corrected chi connectivity index (χ3v) is 5.86. The first kappa shape index (κ1) is 15.6. The SMILES string of the molecule is C[C@@H]1C[C@@H]1C(=O)N1CCN(C(=O)C2(c3ccc(F)cc3)CC2)CC1. The number of piperazine rings is 1. The molecule has 2 atom stereocenters. The van der Waals surface area contributed by atoms with Gasteiger partial charge in [0.1, 0.15) is 5.82 Å². The summed E-state index contributed by atoms with van der Waals surface area (Å²) in [5.74, 6) is 0.852. The van der Waals surface area contributed by atoms with Crippen molar-refractivity contribution in [2.75, 3.05) is 26.2 Å². The lowest BCUT2D eigenvalue weighted by molar-refractivity contribution is -0.141. The molecule has 0 unspecified atom stereocenters. The van der Waals surface area contributed by atoms with Gasteiger partial charge in [0.25, 0.3) is 0 Å². The highest BCUT2D eigenvalue weighted by atomic mass is 19.1. The molecule has 3 fully saturated rings. The van der Waals surface area contributed by atoms with Crippen LogP contribution in [-0.2, 0) is 15.0 Å². The van der Waals surface area contributed by atoms with Crippen molar-refractivity contribution in [3.05, 3.63) is 35.6 Å². The maximum Gasteiger partial charge on any atom is 0.233 e. The van der Waals surface area contributed by atoms with E-state index in [1.165, 1.54) is 12.1 Å². The second-order valence-electron chi connectivity index (χ2n) is 7.53. The zero-order valence-electron chi connectivity index (χ0n) is 14.0. The normalized spacial score (nSPS) is 27.8.